The Bertz CT molecular complexity index is 1250. The number of fused-ring (bicyclic) bond motifs is 2. The van der Waals surface area contributed by atoms with Gasteiger partial charge in [0.05, 0.1) is 10.2 Å². The van der Waals surface area contributed by atoms with Crippen LogP contribution in [-0.4, -0.2) is 51.4 Å². The maximum Gasteiger partial charge on any atom is 0.270 e. The van der Waals surface area contributed by atoms with Gasteiger partial charge in [0, 0.05) is 38.6 Å². The number of thiazole rings is 1. The number of benzene rings is 1. The zero-order chi connectivity index (χ0) is 20.0. The number of para-hydroxylation sites is 1. The molecule has 8 heteroatoms. The fraction of sp³-hybridized carbons (Fsp3) is 0.238. The predicted molar refractivity (Wildman–Crippen MR) is 114 cm³/mol. The Morgan fingerprint density at radius 1 is 1.07 bits per heavy atom. The number of amides is 1. The van der Waals surface area contributed by atoms with Crippen molar-refractivity contribution in [3.8, 4) is 0 Å². The van der Waals surface area contributed by atoms with Gasteiger partial charge in [-0.2, -0.15) is 0 Å². The molecule has 1 aliphatic rings. The summed E-state index contributed by atoms with van der Waals surface area (Å²) in [5.41, 5.74) is 2.26. The van der Waals surface area contributed by atoms with Gasteiger partial charge in [0.25, 0.3) is 11.5 Å². The number of hydrogen-bond acceptors (Lipinski definition) is 6. The number of rotatable bonds is 2. The number of aryl methyl sites for hydroxylation is 1. The van der Waals surface area contributed by atoms with Crippen LogP contribution in [0, 0.1) is 6.92 Å². The van der Waals surface area contributed by atoms with Gasteiger partial charge in [-0.25, -0.2) is 9.97 Å². The van der Waals surface area contributed by atoms with E-state index in [9.17, 15) is 9.59 Å². The summed E-state index contributed by atoms with van der Waals surface area (Å²) in [7, 11) is 0. The van der Waals surface area contributed by atoms with Crippen LogP contribution in [0.3, 0.4) is 0 Å². The first-order valence-corrected chi connectivity index (χ1v) is 10.3. The minimum Gasteiger partial charge on any atom is -0.345 e. The van der Waals surface area contributed by atoms with E-state index >= 15 is 0 Å². The fourth-order valence-corrected chi connectivity index (χ4v) is 4.68. The summed E-state index contributed by atoms with van der Waals surface area (Å²) in [6.45, 7) is 4.36. The second-order valence-electron chi connectivity index (χ2n) is 7.11. The maximum atomic E-state index is 13.0. The second-order valence-corrected chi connectivity index (χ2v) is 8.11. The highest BCUT2D eigenvalue weighted by Gasteiger charge is 2.26. The van der Waals surface area contributed by atoms with Gasteiger partial charge in [-0.15, -0.1) is 0 Å². The van der Waals surface area contributed by atoms with Gasteiger partial charge in [0.1, 0.15) is 11.2 Å². The zero-order valence-electron chi connectivity index (χ0n) is 15.9. The average Bonchev–Trinajstić information content (AvgIpc) is 3.19. The topological polar surface area (TPSA) is 70.8 Å². The van der Waals surface area contributed by atoms with Crippen LogP contribution in [0.1, 0.15) is 15.9 Å². The third kappa shape index (κ3) is 3.05. The van der Waals surface area contributed by atoms with E-state index in [1.54, 1.807) is 28.5 Å². The third-order valence-electron chi connectivity index (χ3n) is 5.28. The molecular weight excluding hydrogens is 386 g/mol. The Morgan fingerprint density at radius 2 is 1.86 bits per heavy atom. The number of pyridine rings is 1. The average molecular weight is 405 g/mol. The zero-order valence-corrected chi connectivity index (χ0v) is 16.7. The van der Waals surface area contributed by atoms with Crippen molar-refractivity contribution in [3.05, 3.63) is 70.3 Å². The molecule has 0 atom stereocenters. The molecule has 146 valence electrons. The van der Waals surface area contributed by atoms with Gasteiger partial charge in [0.2, 0.25) is 0 Å². The number of piperazine rings is 1. The molecule has 0 unspecified atom stereocenters. The standard InChI is InChI=1S/C21H19N5O2S/c1-14-5-4-8-26-18(14)22-13-15(20(26)28)19(27)24-9-11-25(12-10-24)21-23-16-6-2-3-7-17(16)29-21/h2-8,13H,9-12H2,1H3. The highest BCUT2D eigenvalue weighted by Crippen LogP contribution is 2.29. The molecule has 1 aliphatic heterocycles. The lowest BCUT2D eigenvalue weighted by Gasteiger charge is -2.34. The van der Waals surface area contributed by atoms with Crippen molar-refractivity contribution in [1.82, 2.24) is 19.3 Å². The van der Waals surface area contributed by atoms with E-state index in [1.165, 1.54) is 10.6 Å². The minimum atomic E-state index is -0.322. The smallest absolute Gasteiger partial charge is 0.270 e. The van der Waals surface area contributed by atoms with E-state index in [2.05, 4.69) is 16.0 Å². The number of hydrogen-bond donors (Lipinski definition) is 0. The number of carbonyl (C=O) groups excluding carboxylic acids is 1. The van der Waals surface area contributed by atoms with Crippen molar-refractivity contribution in [1.29, 1.82) is 0 Å². The highest BCUT2D eigenvalue weighted by atomic mass is 32.1. The highest BCUT2D eigenvalue weighted by molar-refractivity contribution is 7.22. The lowest BCUT2D eigenvalue weighted by Crippen LogP contribution is -2.49. The quantitative estimate of drug-likeness (QED) is 0.513. The fourth-order valence-electron chi connectivity index (χ4n) is 3.66. The summed E-state index contributed by atoms with van der Waals surface area (Å²) in [5.74, 6) is -0.262. The predicted octanol–water partition coefficient (Wildman–Crippen LogP) is 2.58. The summed E-state index contributed by atoms with van der Waals surface area (Å²) < 4.78 is 2.60. The molecule has 4 aromatic rings. The first-order valence-electron chi connectivity index (χ1n) is 9.48. The Balaban J connectivity index is 1.35. The van der Waals surface area contributed by atoms with Crippen LogP contribution in [0.25, 0.3) is 15.9 Å². The summed E-state index contributed by atoms with van der Waals surface area (Å²) in [4.78, 5) is 38.7. The summed E-state index contributed by atoms with van der Waals surface area (Å²) in [6, 6.07) is 11.8. The molecule has 4 heterocycles. The Morgan fingerprint density at radius 3 is 2.66 bits per heavy atom. The van der Waals surface area contributed by atoms with E-state index in [0.29, 0.717) is 31.8 Å². The van der Waals surface area contributed by atoms with Crippen LogP contribution in [0.5, 0.6) is 0 Å². The monoisotopic (exact) mass is 405 g/mol. The molecular formula is C21H19N5O2S. The molecule has 3 aromatic heterocycles. The maximum absolute atomic E-state index is 13.0. The number of anilines is 1. The van der Waals surface area contributed by atoms with Crippen LogP contribution in [0.15, 0.2) is 53.6 Å². The molecule has 5 rings (SSSR count). The molecule has 1 amide bonds. The van der Waals surface area contributed by atoms with Gasteiger partial charge in [-0.05, 0) is 30.7 Å². The molecule has 7 nitrogen and oxygen atoms in total. The van der Waals surface area contributed by atoms with Gasteiger partial charge >= 0.3 is 0 Å². The molecule has 1 saturated heterocycles. The van der Waals surface area contributed by atoms with Crippen molar-refractivity contribution >= 4 is 38.2 Å². The van der Waals surface area contributed by atoms with Crippen molar-refractivity contribution in [2.45, 2.75) is 6.92 Å². The lowest BCUT2D eigenvalue weighted by molar-refractivity contribution is 0.0744. The minimum absolute atomic E-state index is 0.113. The molecule has 1 fully saturated rings. The molecule has 0 aliphatic carbocycles. The van der Waals surface area contributed by atoms with Crippen molar-refractivity contribution in [2.75, 3.05) is 31.1 Å². The largest absolute Gasteiger partial charge is 0.345 e. The molecule has 0 N–H and O–H groups in total. The SMILES string of the molecule is Cc1cccn2c(=O)c(C(=O)N3CCN(c4nc5ccccc5s4)CC3)cnc12. The van der Waals surface area contributed by atoms with E-state index in [0.717, 1.165) is 20.9 Å². The van der Waals surface area contributed by atoms with Gasteiger partial charge in [-0.3, -0.25) is 14.0 Å². The summed E-state index contributed by atoms with van der Waals surface area (Å²) >= 11 is 1.66. The first kappa shape index (κ1) is 17.8. The Hall–Kier alpha value is -3.26. The van der Waals surface area contributed by atoms with Crippen molar-refractivity contribution < 1.29 is 4.79 Å². The lowest BCUT2D eigenvalue weighted by atomic mass is 10.2. The Kier molecular flexibility index (Phi) is 4.28. The van der Waals surface area contributed by atoms with Crippen molar-refractivity contribution in [3.63, 3.8) is 0 Å². The van der Waals surface area contributed by atoms with E-state index < -0.39 is 0 Å². The van der Waals surface area contributed by atoms with Crippen LogP contribution in [0.4, 0.5) is 5.13 Å². The van der Waals surface area contributed by atoms with Gasteiger partial charge < -0.3 is 9.80 Å². The summed E-state index contributed by atoms with van der Waals surface area (Å²) in [5, 5.41) is 0.973. The van der Waals surface area contributed by atoms with E-state index in [-0.39, 0.29) is 17.0 Å². The first-order chi connectivity index (χ1) is 14.1. The molecule has 0 saturated carbocycles. The Labute approximate surface area is 170 Å². The molecule has 0 radical (unpaired) electrons. The van der Waals surface area contributed by atoms with E-state index in [1.807, 2.05) is 31.2 Å². The van der Waals surface area contributed by atoms with Crippen LogP contribution in [0.2, 0.25) is 0 Å². The number of aromatic nitrogens is 3. The molecule has 0 spiro atoms. The van der Waals surface area contributed by atoms with E-state index in [4.69, 9.17) is 4.98 Å². The van der Waals surface area contributed by atoms with Crippen LogP contribution in [-0.2, 0) is 0 Å². The number of carbonyl (C=O) groups is 1. The summed E-state index contributed by atoms with van der Waals surface area (Å²) in [6.07, 6.45) is 3.06. The van der Waals surface area contributed by atoms with Crippen molar-refractivity contribution in [2.24, 2.45) is 0 Å². The molecule has 1 aromatic carbocycles. The number of nitrogens with zero attached hydrogens (tertiary/aromatic N) is 5. The van der Waals surface area contributed by atoms with Gasteiger partial charge in [0.15, 0.2) is 5.13 Å². The van der Waals surface area contributed by atoms with Crippen LogP contribution < -0.4 is 10.5 Å². The normalized spacial score (nSPS) is 14.7. The van der Waals surface area contributed by atoms with Gasteiger partial charge in [-0.1, -0.05) is 29.5 Å². The molecule has 0 bridgehead atoms. The second kappa shape index (κ2) is 6.97. The third-order valence-corrected chi connectivity index (χ3v) is 6.37. The molecule has 29 heavy (non-hydrogen) atoms. The van der Waals surface area contributed by atoms with Crippen LogP contribution >= 0.6 is 11.3 Å².